The fourth-order valence-electron chi connectivity index (χ4n) is 6.57. The minimum absolute atomic E-state index is 0.126. The summed E-state index contributed by atoms with van der Waals surface area (Å²) in [5.74, 6) is 1.15. The van der Waals surface area contributed by atoms with Crippen molar-refractivity contribution >= 4 is 11.0 Å². The number of hydrogen-bond acceptors (Lipinski definition) is 1. The fourth-order valence-corrected chi connectivity index (χ4v) is 6.57. The van der Waals surface area contributed by atoms with Gasteiger partial charge in [0, 0.05) is 22.8 Å². The van der Waals surface area contributed by atoms with Crippen molar-refractivity contribution in [3.63, 3.8) is 0 Å². The molecule has 0 spiro atoms. The maximum absolute atomic E-state index is 5.33. The van der Waals surface area contributed by atoms with Crippen molar-refractivity contribution in [2.24, 2.45) is 7.05 Å². The second-order valence-corrected chi connectivity index (χ2v) is 11.3. The zero-order valence-electron chi connectivity index (χ0n) is 21.3. The van der Waals surface area contributed by atoms with Gasteiger partial charge in [0.15, 0.2) is 7.05 Å². The molecular formula is C31H31N4+. The number of para-hydroxylation sites is 1. The second kappa shape index (κ2) is 6.51. The first-order valence-corrected chi connectivity index (χ1v) is 12.5. The van der Waals surface area contributed by atoms with E-state index in [-0.39, 0.29) is 10.8 Å². The van der Waals surface area contributed by atoms with Gasteiger partial charge in [0.2, 0.25) is 6.20 Å². The normalized spacial score (nSPS) is 16.6. The lowest BCUT2D eigenvalue weighted by Gasteiger charge is -2.46. The van der Waals surface area contributed by atoms with Gasteiger partial charge >= 0.3 is 0 Å². The summed E-state index contributed by atoms with van der Waals surface area (Å²) in [4.78, 5) is 5.33. The molecule has 2 aromatic heterocycles. The molecule has 4 heterocycles. The van der Waals surface area contributed by atoms with E-state index in [0.29, 0.717) is 0 Å². The average molecular weight is 460 g/mol. The number of rotatable bonds is 1. The Balaban J connectivity index is 1.61. The fraction of sp³-hybridized carbons (Fsp3) is 0.290. The van der Waals surface area contributed by atoms with Gasteiger partial charge in [-0.1, -0.05) is 76.2 Å². The number of hydrogen-bond donors (Lipinski definition) is 0. The third-order valence-electron chi connectivity index (χ3n) is 8.94. The second-order valence-electron chi connectivity index (χ2n) is 11.3. The molecule has 2 aliphatic rings. The Morgan fingerprint density at radius 1 is 0.914 bits per heavy atom. The highest BCUT2D eigenvalue weighted by molar-refractivity contribution is 5.90. The molecule has 0 saturated heterocycles. The van der Waals surface area contributed by atoms with Crippen LogP contribution >= 0.6 is 0 Å². The van der Waals surface area contributed by atoms with Crippen molar-refractivity contribution in [3.05, 3.63) is 95.1 Å². The minimum atomic E-state index is -0.132. The van der Waals surface area contributed by atoms with Crippen LogP contribution in [0.1, 0.15) is 55.9 Å². The number of imidazole rings is 1. The molecule has 4 nitrogen and oxygen atoms in total. The molecule has 7 rings (SSSR count). The zero-order valence-corrected chi connectivity index (χ0v) is 21.3. The van der Waals surface area contributed by atoms with Gasteiger partial charge < -0.3 is 0 Å². The molecule has 3 aromatic carbocycles. The number of nitrogens with zero attached hydrogens (tertiary/aromatic N) is 4. The first-order valence-electron chi connectivity index (χ1n) is 12.5. The number of aromatic nitrogens is 4. The van der Waals surface area contributed by atoms with Crippen LogP contribution in [-0.4, -0.2) is 14.2 Å². The van der Waals surface area contributed by atoms with Crippen molar-refractivity contribution in [2.45, 2.75) is 51.9 Å². The molecule has 0 unspecified atom stereocenters. The molecule has 0 atom stereocenters. The van der Waals surface area contributed by atoms with Crippen molar-refractivity contribution in [2.75, 3.05) is 0 Å². The highest BCUT2D eigenvalue weighted by atomic mass is 15.4. The molecule has 0 saturated carbocycles. The predicted octanol–water partition coefficient (Wildman–Crippen LogP) is 6.09. The van der Waals surface area contributed by atoms with Gasteiger partial charge in [0.05, 0.1) is 22.3 Å². The van der Waals surface area contributed by atoms with Crippen molar-refractivity contribution in [1.82, 2.24) is 14.2 Å². The first-order chi connectivity index (χ1) is 16.7. The van der Waals surface area contributed by atoms with Gasteiger partial charge in [-0.3, -0.25) is 4.57 Å². The summed E-state index contributed by atoms with van der Waals surface area (Å²) in [5, 5.41) is 0. The Morgan fingerprint density at radius 2 is 1.63 bits per heavy atom. The Kier molecular flexibility index (Phi) is 3.85. The van der Waals surface area contributed by atoms with Gasteiger partial charge in [0.25, 0.3) is 0 Å². The molecular weight excluding hydrogens is 428 g/mol. The SMILES string of the molecule is Cc1cc2c(nc3n2-c2ccccc2C3)c2c1-n1c(c(-c3ccccc3)c[n+]1C)C(C)(C)C2(C)C. The molecule has 2 aliphatic heterocycles. The Hall–Kier alpha value is -3.66. The highest BCUT2D eigenvalue weighted by Crippen LogP contribution is 2.54. The van der Waals surface area contributed by atoms with Crippen molar-refractivity contribution in [1.29, 1.82) is 0 Å². The molecule has 5 aromatic rings. The van der Waals surface area contributed by atoms with E-state index < -0.39 is 0 Å². The smallest absolute Gasteiger partial charge is 0.203 e. The van der Waals surface area contributed by atoms with Gasteiger partial charge in [-0.15, -0.1) is 9.36 Å². The van der Waals surface area contributed by atoms with E-state index in [1.807, 2.05) is 0 Å². The van der Waals surface area contributed by atoms with Crippen LogP contribution in [0.15, 0.2) is 66.9 Å². The summed E-state index contributed by atoms with van der Waals surface area (Å²) in [6.07, 6.45) is 3.19. The van der Waals surface area contributed by atoms with E-state index in [1.54, 1.807) is 0 Å². The van der Waals surface area contributed by atoms with Crippen LogP contribution in [0.25, 0.3) is 33.5 Å². The van der Waals surface area contributed by atoms with E-state index in [9.17, 15) is 0 Å². The standard InChI is InChI=1S/C31H31N4/c1-19-16-24-27(32-25-17-21-14-10-11-15-23(21)34(24)25)26-28(19)35-29(31(4,5)30(26,2)3)22(18-33(35)6)20-12-8-7-9-13-20/h7-16,18H,17H2,1-6H3/q+1. The third-order valence-corrected chi connectivity index (χ3v) is 8.94. The van der Waals surface area contributed by atoms with Crippen molar-refractivity contribution < 1.29 is 4.68 Å². The Labute approximate surface area is 206 Å². The topological polar surface area (TPSA) is 26.6 Å². The number of benzene rings is 3. The lowest BCUT2D eigenvalue weighted by Crippen LogP contribution is -2.51. The van der Waals surface area contributed by atoms with Crippen LogP contribution in [0.2, 0.25) is 0 Å². The van der Waals surface area contributed by atoms with Crippen LogP contribution in [-0.2, 0) is 24.3 Å². The van der Waals surface area contributed by atoms with Crippen LogP contribution in [0.4, 0.5) is 0 Å². The lowest BCUT2D eigenvalue weighted by molar-refractivity contribution is -0.745. The maximum atomic E-state index is 5.33. The summed E-state index contributed by atoms with van der Waals surface area (Å²) in [6, 6.07) is 21.9. The van der Waals surface area contributed by atoms with Crippen LogP contribution in [0, 0.1) is 6.92 Å². The van der Waals surface area contributed by atoms with Gasteiger partial charge in [-0.05, 0) is 35.7 Å². The minimum Gasteiger partial charge on any atom is -0.296 e. The molecule has 0 amide bonds. The van der Waals surface area contributed by atoms with Crippen LogP contribution in [0.5, 0.6) is 0 Å². The largest absolute Gasteiger partial charge is 0.296 e. The quantitative estimate of drug-likeness (QED) is 0.273. The van der Waals surface area contributed by atoms with E-state index in [1.165, 1.54) is 50.4 Å². The van der Waals surface area contributed by atoms with Gasteiger partial charge in [0.1, 0.15) is 17.2 Å². The lowest BCUT2D eigenvalue weighted by atomic mass is 9.59. The number of aryl methyl sites for hydroxylation is 2. The average Bonchev–Trinajstić information content (AvgIpc) is 3.47. The van der Waals surface area contributed by atoms with E-state index >= 15 is 0 Å². The zero-order chi connectivity index (χ0) is 24.3. The van der Waals surface area contributed by atoms with Gasteiger partial charge in [-0.25, -0.2) is 4.98 Å². The van der Waals surface area contributed by atoms with Crippen LogP contribution < -0.4 is 4.68 Å². The molecule has 0 aliphatic carbocycles. The Morgan fingerprint density at radius 3 is 2.40 bits per heavy atom. The molecule has 35 heavy (non-hydrogen) atoms. The molecule has 0 N–H and O–H groups in total. The number of fused-ring (bicyclic) bond motifs is 9. The summed E-state index contributed by atoms with van der Waals surface area (Å²) in [6.45, 7) is 11.9. The summed E-state index contributed by atoms with van der Waals surface area (Å²) < 4.78 is 7.11. The first kappa shape index (κ1) is 20.7. The predicted molar refractivity (Wildman–Crippen MR) is 141 cm³/mol. The van der Waals surface area contributed by atoms with Crippen LogP contribution in [0.3, 0.4) is 0 Å². The highest BCUT2D eigenvalue weighted by Gasteiger charge is 2.53. The third kappa shape index (κ3) is 2.42. The van der Waals surface area contributed by atoms with E-state index in [4.69, 9.17) is 4.98 Å². The summed E-state index contributed by atoms with van der Waals surface area (Å²) in [5.41, 5.74) is 12.6. The molecule has 174 valence electrons. The summed E-state index contributed by atoms with van der Waals surface area (Å²) >= 11 is 0. The maximum Gasteiger partial charge on any atom is 0.203 e. The molecule has 0 radical (unpaired) electrons. The van der Waals surface area contributed by atoms with Crippen molar-refractivity contribution in [3.8, 4) is 22.5 Å². The Bertz CT molecular complexity index is 1680. The van der Waals surface area contributed by atoms with Gasteiger partial charge in [-0.2, -0.15) is 0 Å². The monoisotopic (exact) mass is 459 g/mol. The van der Waals surface area contributed by atoms with E-state index in [0.717, 1.165) is 17.8 Å². The molecule has 4 heteroatoms. The van der Waals surface area contributed by atoms with E-state index in [2.05, 4.69) is 122 Å². The molecule has 0 fully saturated rings. The molecule has 0 bridgehead atoms. The summed E-state index contributed by atoms with van der Waals surface area (Å²) in [7, 11) is 2.17.